The van der Waals surface area contributed by atoms with Gasteiger partial charge in [0, 0.05) is 57.6 Å². The molecule has 33 heteroatoms. The number of aromatic nitrogens is 18. The smallest absolute Gasteiger partial charge is 0.330 e. The monoisotopic (exact) mass is 1210 g/mol. The molecule has 13 heterocycles. The minimum absolute atomic E-state index is 0.0265. The Hall–Kier alpha value is -11.5. The van der Waals surface area contributed by atoms with Gasteiger partial charge in [0.2, 0.25) is 41.2 Å². The first-order valence-electron chi connectivity index (χ1n) is 28.2. The zero-order valence-corrected chi connectivity index (χ0v) is 48.6. The molecule has 458 valence electrons. The summed E-state index contributed by atoms with van der Waals surface area (Å²) < 4.78 is 40.4. The third kappa shape index (κ3) is 11.2. The van der Waals surface area contributed by atoms with Gasteiger partial charge in [-0.05, 0) is 79.9 Å². The van der Waals surface area contributed by atoms with E-state index < -0.39 is 24.1 Å². The molecule has 0 aliphatic carbocycles. The number of furan rings is 3. The van der Waals surface area contributed by atoms with E-state index in [0.717, 1.165) is 24.5 Å². The Morgan fingerprint density at radius 3 is 1.33 bits per heavy atom. The number of benzene rings is 1. The third-order valence-electron chi connectivity index (χ3n) is 14.7. The van der Waals surface area contributed by atoms with Crippen molar-refractivity contribution in [3.05, 3.63) is 98.0 Å². The number of nitrogen functional groups attached to an aromatic ring is 3. The van der Waals surface area contributed by atoms with Crippen LogP contribution >= 0.6 is 0 Å². The van der Waals surface area contributed by atoms with E-state index >= 15 is 0 Å². The Balaban J connectivity index is 0.000000136. The van der Waals surface area contributed by atoms with Gasteiger partial charge in [0.05, 0.1) is 48.7 Å². The molecule has 1 amide bonds. The largest absolute Gasteiger partial charge is 0.491 e. The fraction of sp³-hybridized carbons (Fsp3) is 0.304. The highest BCUT2D eigenvalue weighted by molar-refractivity contribution is 5.93. The second-order valence-electron chi connectivity index (χ2n) is 20.2. The molecule has 7 N–H and O–H groups in total. The summed E-state index contributed by atoms with van der Waals surface area (Å²) in [6.07, 6.45) is 11.2. The number of nitrogens with two attached hydrogens (primary N) is 3. The number of carboxylic acids is 1. The first kappa shape index (κ1) is 57.9. The van der Waals surface area contributed by atoms with Crippen molar-refractivity contribution < 1.29 is 47.0 Å². The predicted octanol–water partition coefficient (Wildman–Crippen LogP) is 5.43. The van der Waals surface area contributed by atoms with E-state index in [2.05, 4.69) is 65.4 Å². The number of carbonyl (C=O) groups excluding carboxylic acids is 2. The molecule has 0 radical (unpaired) electrons. The van der Waals surface area contributed by atoms with Gasteiger partial charge in [0.25, 0.3) is 0 Å². The molecule has 0 spiro atoms. The molecular weight excluding hydrogens is 1150 g/mol. The van der Waals surface area contributed by atoms with Crippen LogP contribution in [0.15, 0.2) is 111 Å². The number of ether oxygens (including phenoxy) is 3. The Kier molecular flexibility index (Phi) is 15.9. The normalized spacial score (nSPS) is 13.7. The molecule has 1 aromatic carbocycles. The number of esters is 1. The predicted molar refractivity (Wildman–Crippen MR) is 319 cm³/mol. The molecule has 1 aliphatic heterocycles. The molecule has 33 nitrogen and oxygen atoms in total. The molecule has 13 aromatic rings. The molecule has 3 atom stereocenters. The number of aliphatic carboxylic acids is 1. The van der Waals surface area contributed by atoms with Crippen molar-refractivity contribution in [3.8, 4) is 40.5 Å². The van der Waals surface area contributed by atoms with Crippen molar-refractivity contribution in [2.45, 2.75) is 58.2 Å². The quantitative estimate of drug-likeness (QED) is 0.0651. The van der Waals surface area contributed by atoms with Crippen molar-refractivity contribution in [1.82, 2.24) is 93.0 Å². The third-order valence-corrected chi connectivity index (χ3v) is 14.7. The summed E-state index contributed by atoms with van der Waals surface area (Å²) in [6, 6.07) is 16.7. The summed E-state index contributed by atoms with van der Waals surface area (Å²) in [4.78, 5) is 67.4. The molecule has 0 saturated carbocycles. The maximum Gasteiger partial charge on any atom is 0.330 e. The van der Waals surface area contributed by atoms with E-state index in [9.17, 15) is 19.5 Å². The minimum atomic E-state index is -0.966. The molecule has 1 fully saturated rings. The lowest BCUT2D eigenvalue weighted by molar-refractivity contribution is -0.145. The number of hydrogen-bond donors (Lipinski definition) is 4. The second-order valence-corrected chi connectivity index (χ2v) is 20.2. The number of methoxy groups -OCH3 is 2. The van der Waals surface area contributed by atoms with Crippen LogP contribution < -0.4 is 26.8 Å². The maximum absolute atomic E-state index is 13.6. The van der Waals surface area contributed by atoms with Crippen LogP contribution in [-0.2, 0) is 23.9 Å². The number of piperazine rings is 1. The van der Waals surface area contributed by atoms with E-state index in [4.69, 9.17) is 44.7 Å². The first-order valence-corrected chi connectivity index (χ1v) is 28.2. The Morgan fingerprint density at radius 2 is 0.955 bits per heavy atom. The molecule has 0 bridgehead atoms. The number of carbonyl (C=O) groups is 3. The van der Waals surface area contributed by atoms with Gasteiger partial charge in [-0.1, -0.05) is 20.8 Å². The SMILES string of the molecule is CCC(C(=O)N1CCN(c2ccc(OCCOC)cc2)CC1)n1cc2c(nc(N)n3nc(-c4ccco4)nc23)n1.CCC(C(=O)O)n1cc2c(nc(N)n3nc(-c4ccco4)nc23)n1.CCC(C(=O)OC)n1cc2c(nc(N)n3nc(-c4ccco4)nc23)n1. The summed E-state index contributed by atoms with van der Waals surface area (Å²) in [6.45, 7) is 9.40. The molecular formula is C56H59N23O10. The Morgan fingerprint density at radius 1 is 0.539 bits per heavy atom. The molecule has 12 aromatic heterocycles. The fourth-order valence-corrected chi connectivity index (χ4v) is 10.2. The molecule has 1 aliphatic rings. The van der Waals surface area contributed by atoms with Gasteiger partial charge >= 0.3 is 11.9 Å². The van der Waals surface area contributed by atoms with Crippen LogP contribution in [0.4, 0.5) is 23.5 Å². The lowest BCUT2D eigenvalue weighted by Crippen LogP contribution is -2.50. The summed E-state index contributed by atoms with van der Waals surface area (Å²) in [7, 11) is 3.00. The van der Waals surface area contributed by atoms with Crippen LogP contribution in [0.5, 0.6) is 5.75 Å². The van der Waals surface area contributed by atoms with Crippen LogP contribution in [0, 0.1) is 0 Å². The first-order chi connectivity index (χ1) is 43.2. The number of hydrogen-bond acceptors (Lipinski definition) is 25. The van der Waals surface area contributed by atoms with E-state index in [0.29, 0.717) is 130 Å². The van der Waals surface area contributed by atoms with Crippen LogP contribution in [0.2, 0.25) is 0 Å². The summed E-state index contributed by atoms with van der Waals surface area (Å²) in [5, 5.41) is 37.4. The average Bonchev–Trinajstić information content (AvgIpc) is 1.73. The highest BCUT2D eigenvalue weighted by Crippen LogP contribution is 2.30. The lowest BCUT2D eigenvalue weighted by atomic mass is 10.1. The van der Waals surface area contributed by atoms with Gasteiger partial charge < -0.3 is 59.6 Å². The zero-order valence-electron chi connectivity index (χ0n) is 48.6. The van der Waals surface area contributed by atoms with E-state index in [1.54, 1.807) is 86.2 Å². The van der Waals surface area contributed by atoms with Gasteiger partial charge in [0.15, 0.2) is 51.2 Å². The molecule has 14 rings (SSSR count). The van der Waals surface area contributed by atoms with Gasteiger partial charge in [-0.3, -0.25) is 18.8 Å². The highest BCUT2D eigenvalue weighted by atomic mass is 16.5. The topological polar surface area (TPSA) is 406 Å². The number of amides is 1. The molecule has 3 unspecified atom stereocenters. The fourth-order valence-electron chi connectivity index (χ4n) is 10.2. The molecule has 89 heavy (non-hydrogen) atoms. The van der Waals surface area contributed by atoms with Gasteiger partial charge in [-0.2, -0.15) is 43.8 Å². The second kappa shape index (κ2) is 24.5. The highest BCUT2D eigenvalue weighted by Gasteiger charge is 2.31. The number of nitrogens with zero attached hydrogens (tertiary/aromatic N) is 20. The van der Waals surface area contributed by atoms with E-state index in [1.165, 1.54) is 36.3 Å². The lowest BCUT2D eigenvalue weighted by Gasteiger charge is -2.37. The minimum Gasteiger partial charge on any atom is -0.491 e. The maximum atomic E-state index is 13.6. The van der Waals surface area contributed by atoms with Gasteiger partial charge in [-0.15, -0.1) is 15.3 Å². The van der Waals surface area contributed by atoms with Crippen LogP contribution in [0.1, 0.15) is 58.2 Å². The summed E-state index contributed by atoms with van der Waals surface area (Å²) in [5.41, 5.74) is 21.7. The van der Waals surface area contributed by atoms with Crippen molar-refractivity contribution >= 4 is 91.4 Å². The zero-order chi connectivity index (χ0) is 62.0. The standard InChI is InChI=1S/C27H31N9O4.C15H15N7O3.C14H13N7O3/c1-3-21(26(37)34-12-10-33(11-13-34)18-6-8-19(9-7-18)39-16-15-38-2)35-17-20-23(31-35)30-27(28)36-25(20)29-24(32-36)22-5-4-14-40-22;1-3-9(14(23)24-2)21-7-8-11(19-21)18-15(16)22-13(8)17-12(20-22)10-5-4-6-25-10;1-2-8(13(22)23)20-6-7-10(18-20)17-14(15)21-12(7)16-11(19-21)9-4-3-5-24-9/h4-9,14,17,21H,3,10-13,15-16H2,1-2H3,(H2,28,30,31);4-7,9H,3H2,1-2H3,(H2,16,18,19);3-6,8H,2H2,1H3,(H,22,23)(H2,15,17,18). The van der Waals surface area contributed by atoms with E-state index in [1.807, 2.05) is 43.0 Å². The van der Waals surface area contributed by atoms with Gasteiger partial charge in [0.1, 0.15) is 30.5 Å². The number of rotatable bonds is 17. The summed E-state index contributed by atoms with van der Waals surface area (Å²) in [5.74, 6) is 2.58. The number of fused-ring (bicyclic) bond motifs is 9. The van der Waals surface area contributed by atoms with Crippen LogP contribution in [0.25, 0.3) is 84.8 Å². The molecule has 1 saturated heterocycles. The van der Waals surface area contributed by atoms with Crippen molar-refractivity contribution in [2.24, 2.45) is 0 Å². The van der Waals surface area contributed by atoms with E-state index in [-0.39, 0.29) is 29.7 Å². The summed E-state index contributed by atoms with van der Waals surface area (Å²) >= 11 is 0. The van der Waals surface area contributed by atoms with Crippen LogP contribution in [-0.4, -0.2) is 170 Å². The van der Waals surface area contributed by atoms with Crippen LogP contribution in [0.3, 0.4) is 0 Å². The van der Waals surface area contributed by atoms with Gasteiger partial charge in [-0.25, -0.2) is 24.5 Å². The Labute approximate surface area is 502 Å². The van der Waals surface area contributed by atoms with Crippen molar-refractivity contribution in [1.29, 1.82) is 0 Å². The average molecular weight is 1210 g/mol. The van der Waals surface area contributed by atoms with Crippen molar-refractivity contribution in [3.63, 3.8) is 0 Å². The van der Waals surface area contributed by atoms with Crippen molar-refractivity contribution in [2.75, 3.05) is 75.7 Å². The number of carboxylic acid groups (broad SMARTS) is 1. The Bertz CT molecular complexity index is 4630. The number of anilines is 4.